The summed E-state index contributed by atoms with van der Waals surface area (Å²) >= 11 is 0. The molecule has 1 amide bonds. The molecule has 0 radical (unpaired) electrons. The number of amides is 1. The minimum Gasteiger partial charge on any atom is -0.349 e. The summed E-state index contributed by atoms with van der Waals surface area (Å²) < 4.78 is 0. The fraction of sp³-hybridized carbons (Fsp3) is 0.588. The van der Waals surface area contributed by atoms with Crippen LogP contribution in [0.3, 0.4) is 0 Å². The minimum atomic E-state index is 0.0549. The second kappa shape index (κ2) is 6.40. The summed E-state index contributed by atoms with van der Waals surface area (Å²) in [5.41, 5.74) is 9.62. The van der Waals surface area contributed by atoms with Crippen molar-refractivity contribution in [1.82, 2.24) is 5.32 Å². The summed E-state index contributed by atoms with van der Waals surface area (Å²) in [7, 11) is 0. The molecule has 1 aliphatic carbocycles. The molecule has 3 atom stereocenters. The van der Waals surface area contributed by atoms with Crippen molar-refractivity contribution in [1.29, 1.82) is 0 Å². The molecule has 3 N–H and O–H groups in total. The highest BCUT2D eigenvalue weighted by Crippen LogP contribution is 2.24. The minimum absolute atomic E-state index is 0.0549. The monoisotopic (exact) mass is 274 g/mol. The maximum atomic E-state index is 12.3. The van der Waals surface area contributed by atoms with Gasteiger partial charge in [-0.05, 0) is 45.6 Å². The number of nitrogens with one attached hydrogen (secondary N) is 1. The normalized spacial score (nSPS) is 24.2. The first-order chi connectivity index (χ1) is 9.45. The third-order valence-electron chi connectivity index (χ3n) is 4.19. The second-order valence-electron chi connectivity index (χ2n) is 6.27. The van der Waals surface area contributed by atoms with Crippen molar-refractivity contribution in [3.63, 3.8) is 0 Å². The number of nitrogens with two attached hydrogens (primary N) is 1. The Morgan fingerprint density at radius 1 is 1.25 bits per heavy atom. The van der Waals surface area contributed by atoms with Crippen LogP contribution < -0.4 is 11.1 Å². The molecule has 0 aromatic heterocycles. The summed E-state index contributed by atoms with van der Waals surface area (Å²) in [6.45, 7) is 6.23. The molecule has 3 heteroatoms. The highest BCUT2D eigenvalue weighted by atomic mass is 16.1. The zero-order valence-electron chi connectivity index (χ0n) is 12.8. The van der Waals surface area contributed by atoms with Gasteiger partial charge < -0.3 is 11.1 Å². The van der Waals surface area contributed by atoms with Crippen molar-refractivity contribution in [2.75, 3.05) is 0 Å². The van der Waals surface area contributed by atoms with Crippen LogP contribution in [0.2, 0.25) is 0 Å². The largest absolute Gasteiger partial charge is 0.349 e. The van der Waals surface area contributed by atoms with Crippen molar-refractivity contribution in [2.24, 2.45) is 11.7 Å². The predicted molar refractivity (Wildman–Crippen MR) is 82.4 cm³/mol. The van der Waals surface area contributed by atoms with E-state index in [0.717, 1.165) is 25.7 Å². The fourth-order valence-corrected chi connectivity index (χ4v) is 3.14. The molecule has 1 aromatic rings. The average molecular weight is 274 g/mol. The van der Waals surface area contributed by atoms with E-state index in [1.165, 1.54) is 16.7 Å². The van der Waals surface area contributed by atoms with Gasteiger partial charge in [0.25, 0.3) is 0 Å². The number of carbonyl (C=O) groups excluding carboxylic acids is 1. The Morgan fingerprint density at radius 2 is 1.90 bits per heavy atom. The Balaban J connectivity index is 1.99. The van der Waals surface area contributed by atoms with Crippen LogP contribution in [-0.4, -0.2) is 11.9 Å². The Labute approximate surface area is 121 Å². The molecule has 20 heavy (non-hydrogen) atoms. The molecule has 0 bridgehead atoms. The van der Waals surface area contributed by atoms with E-state index in [9.17, 15) is 4.79 Å². The molecule has 0 saturated heterocycles. The first kappa shape index (κ1) is 15.0. The molecule has 1 saturated carbocycles. The summed E-state index contributed by atoms with van der Waals surface area (Å²) in [4.78, 5) is 12.3. The SMILES string of the molecule is Cc1cc(C)cc(C(C)NC(=O)C2CCCC(N)C2)c1. The molecule has 1 fully saturated rings. The third-order valence-corrected chi connectivity index (χ3v) is 4.19. The molecule has 3 unspecified atom stereocenters. The van der Waals surface area contributed by atoms with Gasteiger partial charge in [0.05, 0.1) is 6.04 Å². The molecule has 3 nitrogen and oxygen atoms in total. The highest BCUT2D eigenvalue weighted by Gasteiger charge is 2.26. The van der Waals surface area contributed by atoms with Gasteiger partial charge in [-0.2, -0.15) is 0 Å². The van der Waals surface area contributed by atoms with Crippen molar-refractivity contribution in [3.8, 4) is 0 Å². The van der Waals surface area contributed by atoms with Crippen LogP contribution in [0.5, 0.6) is 0 Å². The standard InChI is InChI=1S/C17H26N2O/c1-11-7-12(2)9-15(8-11)13(3)19-17(20)14-5-4-6-16(18)10-14/h7-9,13-14,16H,4-6,10,18H2,1-3H3,(H,19,20). The molecule has 0 heterocycles. The number of benzene rings is 1. The van der Waals surface area contributed by atoms with Crippen LogP contribution in [0, 0.1) is 19.8 Å². The Morgan fingerprint density at radius 3 is 2.50 bits per heavy atom. The zero-order chi connectivity index (χ0) is 14.7. The van der Waals surface area contributed by atoms with E-state index in [1.807, 2.05) is 0 Å². The zero-order valence-corrected chi connectivity index (χ0v) is 12.8. The van der Waals surface area contributed by atoms with E-state index in [-0.39, 0.29) is 23.9 Å². The van der Waals surface area contributed by atoms with Crippen LogP contribution in [-0.2, 0) is 4.79 Å². The molecule has 1 aromatic carbocycles. The lowest BCUT2D eigenvalue weighted by Gasteiger charge is -2.27. The van der Waals surface area contributed by atoms with Gasteiger partial charge in [-0.15, -0.1) is 0 Å². The topological polar surface area (TPSA) is 55.1 Å². The van der Waals surface area contributed by atoms with Gasteiger partial charge in [0.1, 0.15) is 0 Å². The van der Waals surface area contributed by atoms with Crippen LogP contribution in [0.4, 0.5) is 0 Å². The Hall–Kier alpha value is -1.35. The first-order valence-electron chi connectivity index (χ1n) is 7.60. The quantitative estimate of drug-likeness (QED) is 0.890. The molecule has 1 aliphatic rings. The third kappa shape index (κ3) is 3.83. The van der Waals surface area contributed by atoms with Gasteiger partial charge in [0.2, 0.25) is 5.91 Å². The molecule has 2 rings (SSSR count). The molecule has 0 aliphatic heterocycles. The number of rotatable bonds is 3. The molecular formula is C17H26N2O. The smallest absolute Gasteiger partial charge is 0.223 e. The summed E-state index contributed by atoms with van der Waals surface area (Å²) in [5, 5.41) is 3.15. The van der Waals surface area contributed by atoms with Crippen molar-refractivity contribution < 1.29 is 4.79 Å². The van der Waals surface area contributed by atoms with E-state index in [4.69, 9.17) is 5.73 Å². The number of hydrogen-bond acceptors (Lipinski definition) is 2. The Kier molecular flexibility index (Phi) is 4.81. The number of aryl methyl sites for hydroxylation is 2. The van der Waals surface area contributed by atoms with Crippen LogP contribution >= 0.6 is 0 Å². The average Bonchev–Trinajstić information content (AvgIpc) is 2.37. The fourth-order valence-electron chi connectivity index (χ4n) is 3.14. The van der Waals surface area contributed by atoms with E-state index in [2.05, 4.69) is 44.3 Å². The van der Waals surface area contributed by atoms with E-state index >= 15 is 0 Å². The maximum absolute atomic E-state index is 12.3. The van der Waals surface area contributed by atoms with Crippen LogP contribution in [0.15, 0.2) is 18.2 Å². The van der Waals surface area contributed by atoms with Gasteiger partial charge in [0, 0.05) is 12.0 Å². The number of carbonyl (C=O) groups is 1. The van der Waals surface area contributed by atoms with Crippen LogP contribution in [0.25, 0.3) is 0 Å². The molecular weight excluding hydrogens is 248 g/mol. The molecule has 0 spiro atoms. The summed E-state index contributed by atoms with van der Waals surface area (Å²) in [5.74, 6) is 0.249. The van der Waals surface area contributed by atoms with Gasteiger partial charge in [-0.25, -0.2) is 0 Å². The van der Waals surface area contributed by atoms with E-state index in [0.29, 0.717) is 0 Å². The summed E-state index contributed by atoms with van der Waals surface area (Å²) in [6, 6.07) is 6.68. The van der Waals surface area contributed by atoms with Crippen molar-refractivity contribution in [3.05, 3.63) is 34.9 Å². The second-order valence-corrected chi connectivity index (χ2v) is 6.27. The van der Waals surface area contributed by atoms with Gasteiger partial charge in [-0.3, -0.25) is 4.79 Å². The first-order valence-corrected chi connectivity index (χ1v) is 7.60. The lowest BCUT2D eigenvalue weighted by atomic mass is 9.85. The maximum Gasteiger partial charge on any atom is 0.223 e. The van der Waals surface area contributed by atoms with Crippen molar-refractivity contribution in [2.45, 2.75) is 58.5 Å². The Bertz CT molecular complexity index is 464. The van der Waals surface area contributed by atoms with Crippen LogP contribution in [0.1, 0.15) is 55.3 Å². The van der Waals surface area contributed by atoms with Crippen molar-refractivity contribution >= 4 is 5.91 Å². The molecule has 110 valence electrons. The summed E-state index contributed by atoms with van der Waals surface area (Å²) in [6.07, 6.45) is 3.91. The lowest BCUT2D eigenvalue weighted by Crippen LogP contribution is -2.38. The van der Waals surface area contributed by atoms with Gasteiger partial charge >= 0.3 is 0 Å². The highest BCUT2D eigenvalue weighted by molar-refractivity contribution is 5.79. The predicted octanol–water partition coefficient (Wildman–Crippen LogP) is 3.00. The number of hydrogen-bond donors (Lipinski definition) is 2. The van der Waals surface area contributed by atoms with E-state index in [1.54, 1.807) is 0 Å². The van der Waals surface area contributed by atoms with Gasteiger partial charge in [-0.1, -0.05) is 35.7 Å². The van der Waals surface area contributed by atoms with Gasteiger partial charge in [0.15, 0.2) is 0 Å². The lowest BCUT2D eigenvalue weighted by molar-refractivity contribution is -0.126. The van der Waals surface area contributed by atoms with E-state index < -0.39 is 0 Å².